The normalized spacial score (nSPS) is 9.48. The van der Waals surface area contributed by atoms with Gasteiger partial charge in [0.1, 0.15) is 0 Å². The van der Waals surface area contributed by atoms with Gasteiger partial charge in [0.15, 0.2) is 0 Å². The Morgan fingerprint density at radius 3 is 0.645 bits per heavy atom. The molecule has 0 radical (unpaired) electrons. The zero-order chi connectivity index (χ0) is 23.7. The summed E-state index contributed by atoms with van der Waals surface area (Å²) in [6, 6.07) is 19.0. The van der Waals surface area contributed by atoms with Gasteiger partial charge in [0.25, 0.3) is 0 Å². The SMILES string of the molecule is Nc1ccccc1.Nc1ccccc1.O.O.O=S(=O)(O)O.O=S(=O)(O)O.O=S(=O)(O)O. The lowest BCUT2D eigenvalue weighted by Gasteiger charge is -1.83. The monoisotopic (exact) mass is 516 g/mol. The van der Waals surface area contributed by atoms with Gasteiger partial charge >= 0.3 is 31.2 Å². The fourth-order valence-corrected chi connectivity index (χ4v) is 0.906. The highest BCUT2D eigenvalue weighted by Gasteiger charge is 1.85. The average Bonchev–Trinajstić information content (AvgIpc) is 2.44. The summed E-state index contributed by atoms with van der Waals surface area (Å²) >= 11 is 0. The van der Waals surface area contributed by atoms with Crippen LogP contribution in [0.3, 0.4) is 0 Å². The summed E-state index contributed by atoms with van der Waals surface area (Å²) in [5, 5.41) is 0. The molecule has 0 aliphatic carbocycles. The predicted molar refractivity (Wildman–Crippen MR) is 111 cm³/mol. The standard InChI is InChI=1S/2C6H7N.3H2O4S.2H2O/c2*7-6-4-2-1-3-5-6;3*1-5(2,3)4;;/h2*1-5H,7H2;3*(H2,1,2,3,4);2*1H2. The number of hydrogen-bond acceptors (Lipinski definition) is 8. The number of rotatable bonds is 0. The second-order valence-electron chi connectivity index (χ2n) is 4.16. The molecule has 0 saturated carbocycles. The number of nitrogen functional groups attached to an aromatic ring is 2. The molecule has 0 unspecified atom stereocenters. The van der Waals surface area contributed by atoms with Crippen LogP contribution in [0.1, 0.15) is 0 Å². The molecular formula is C12H24N2O14S3. The first-order chi connectivity index (χ1) is 12.8. The highest BCUT2D eigenvalue weighted by atomic mass is 32.3. The highest BCUT2D eigenvalue weighted by molar-refractivity contribution is 7.80. The zero-order valence-corrected chi connectivity index (χ0v) is 17.7. The van der Waals surface area contributed by atoms with Crippen molar-refractivity contribution in [3.05, 3.63) is 60.7 Å². The highest BCUT2D eigenvalue weighted by Crippen LogP contribution is 1.96. The van der Waals surface area contributed by atoms with Gasteiger partial charge in [-0.3, -0.25) is 27.3 Å². The summed E-state index contributed by atoms with van der Waals surface area (Å²) in [6.45, 7) is 0. The molecule has 16 nitrogen and oxygen atoms in total. The number of nitrogens with two attached hydrogens (primary N) is 2. The van der Waals surface area contributed by atoms with Crippen molar-refractivity contribution in [2.24, 2.45) is 0 Å². The van der Waals surface area contributed by atoms with Gasteiger partial charge in [-0.2, -0.15) is 25.3 Å². The van der Waals surface area contributed by atoms with Crippen LogP contribution in [-0.2, 0) is 31.2 Å². The molecule has 0 saturated heterocycles. The van der Waals surface area contributed by atoms with E-state index in [0.29, 0.717) is 0 Å². The molecule has 0 bridgehead atoms. The van der Waals surface area contributed by atoms with Gasteiger partial charge < -0.3 is 22.4 Å². The van der Waals surface area contributed by atoms with E-state index in [9.17, 15) is 0 Å². The number of para-hydroxylation sites is 2. The second kappa shape index (κ2) is 19.5. The topological polar surface area (TPSA) is 339 Å². The van der Waals surface area contributed by atoms with E-state index in [1.54, 1.807) is 0 Å². The van der Waals surface area contributed by atoms with Gasteiger partial charge in [-0.25, -0.2) is 0 Å². The molecular weight excluding hydrogens is 492 g/mol. The van der Waals surface area contributed by atoms with Crippen LogP contribution in [0, 0.1) is 0 Å². The Balaban J connectivity index is -0.0000000906. The third-order valence-electron chi connectivity index (χ3n) is 1.60. The molecule has 2 aromatic carbocycles. The van der Waals surface area contributed by atoms with Crippen LogP contribution in [0.15, 0.2) is 60.7 Å². The Kier molecular flexibility index (Phi) is 24.6. The minimum Gasteiger partial charge on any atom is -0.412 e. The van der Waals surface area contributed by atoms with Gasteiger partial charge in [0.2, 0.25) is 0 Å². The summed E-state index contributed by atoms with van der Waals surface area (Å²) in [6.07, 6.45) is 0. The van der Waals surface area contributed by atoms with Crippen molar-refractivity contribution in [3.8, 4) is 0 Å². The van der Waals surface area contributed by atoms with Crippen LogP contribution >= 0.6 is 0 Å². The minimum atomic E-state index is -4.67. The lowest BCUT2D eigenvalue weighted by Crippen LogP contribution is -1.89. The van der Waals surface area contributed by atoms with Crippen LogP contribution in [-0.4, -0.2) is 63.5 Å². The van der Waals surface area contributed by atoms with Crippen LogP contribution in [0.2, 0.25) is 0 Å². The first-order valence-corrected chi connectivity index (χ1v) is 10.7. The van der Waals surface area contributed by atoms with E-state index in [0.717, 1.165) is 11.4 Å². The first-order valence-electron chi connectivity index (χ1n) is 6.49. The number of anilines is 2. The van der Waals surface area contributed by atoms with E-state index >= 15 is 0 Å². The second-order valence-corrected chi connectivity index (χ2v) is 6.85. The summed E-state index contributed by atoms with van der Waals surface area (Å²) < 4.78 is 94.8. The van der Waals surface area contributed by atoms with Crippen molar-refractivity contribution in [1.29, 1.82) is 0 Å². The molecule has 0 heterocycles. The summed E-state index contributed by atoms with van der Waals surface area (Å²) in [5.41, 5.74) is 12.4. The van der Waals surface area contributed by atoms with Crippen LogP contribution in [0.25, 0.3) is 0 Å². The fourth-order valence-electron chi connectivity index (χ4n) is 0.906. The van der Waals surface area contributed by atoms with E-state index in [4.69, 9.17) is 64.0 Å². The van der Waals surface area contributed by atoms with Crippen molar-refractivity contribution < 1.29 is 63.5 Å². The molecule has 2 rings (SSSR count). The van der Waals surface area contributed by atoms with E-state index in [1.807, 2.05) is 60.7 Å². The molecule has 0 aliphatic rings. The number of benzene rings is 2. The maximum Gasteiger partial charge on any atom is 0.394 e. The van der Waals surface area contributed by atoms with Crippen LogP contribution in [0.5, 0.6) is 0 Å². The van der Waals surface area contributed by atoms with Gasteiger partial charge in [0.05, 0.1) is 0 Å². The molecule has 0 spiro atoms. The quantitative estimate of drug-likeness (QED) is 0.153. The van der Waals surface area contributed by atoms with Crippen molar-refractivity contribution in [3.63, 3.8) is 0 Å². The average molecular weight is 517 g/mol. The molecule has 0 aliphatic heterocycles. The van der Waals surface area contributed by atoms with Crippen molar-refractivity contribution in [2.45, 2.75) is 0 Å². The molecule has 0 amide bonds. The zero-order valence-electron chi connectivity index (χ0n) is 15.3. The largest absolute Gasteiger partial charge is 0.412 e. The van der Waals surface area contributed by atoms with E-state index in [-0.39, 0.29) is 11.0 Å². The first kappa shape index (κ1) is 39.1. The molecule has 14 N–H and O–H groups in total. The van der Waals surface area contributed by atoms with Gasteiger partial charge in [0, 0.05) is 11.4 Å². The lowest BCUT2D eigenvalue weighted by molar-refractivity contribution is 0.378. The molecule has 0 aromatic heterocycles. The van der Waals surface area contributed by atoms with Crippen LogP contribution < -0.4 is 11.5 Å². The summed E-state index contributed by atoms with van der Waals surface area (Å²) in [4.78, 5) is 0. The van der Waals surface area contributed by atoms with Crippen molar-refractivity contribution in [2.75, 3.05) is 11.5 Å². The molecule has 184 valence electrons. The predicted octanol–water partition coefficient (Wildman–Crippen LogP) is -1.07. The van der Waals surface area contributed by atoms with E-state index in [2.05, 4.69) is 0 Å². The third kappa shape index (κ3) is 97.9. The van der Waals surface area contributed by atoms with Crippen molar-refractivity contribution in [1.82, 2.24) is 0 Å². The van der Waals surface area contributed by atoms with E-state index < -0.39 is 31.2 Å². The Labute approximate surface area is 178 Å². The van der Waals surface area contributed by atoms with Gasteiger partial charge in [-0.05, 0) is 24.3 Å². The van der Waals surface area contributed by atoms with E-state index in [1.165, 1.54) is 0 Å². The fraction of sp³-hybridized carbons (Fsp3) is 0. The van der Waals surface area contributed by atoms with Gasteiger partial charge in [-0.1, -0.05) is 36.4 Å². The summed E-state index contributed by atoms with van der Waals surface area (Å²) in [7, 11) is -14.0. The Hall–Kier alpha value is -2.43. The lowest BCUT2D eigenvalue weighted by atomic mass is 10.3. The maximum atomic E-state index is 8.74. The number of hydrogen-bond donors (Lipinski definition) is 8. The Morgan fingerprint density at radius 2 is 0.581 bits per heavy atom. The molecule has 0 fully saturated rings. The molecule has 0 atom stereocenters. The molecule has 31 heavy (non-hydrogen) atoms. The van der Waals surface area contributed by atoms with Crippen molar-refractivity contribution >= 4 is 42.6 Å². The molecule has 19 heteroatoms. The van der Waals surface area contributed by atoms with Crippen LogP contribution in [0.4, 0.5) is 11.4 Å². The summed E-state index contributed by atoms with van der Waals surface area (Å²) in [5.74, 6) is 0. The third-order valence-corrected chi connectivity index (χ3v) is 1.60. The minimum absolute atomic E-state index is 0. The molecule has 2 aromatic rings. The Bertz CT molecular complexity index is 833. The smallest absolute Gasteiger partial charge is 0.394 e. The maximum absolute atomic E-state index is 8.74. The Morgan fingerprint density at radius 1 is 0.452 bits per heavy atom. The van der Waals surface area contributed by atoms with Gasteiger partial charge in [-0.15, -0.1) is 0 Å².